The first-order valence-corrected chi connectivity index (χ1v) is 5.36. The zero-order valence-corrected chi connectivity index (χ0v) is 8.84. The molecule has 1 saturated heterocycles. The highest BCUT2D eigenvalue weighted by atomic mass is 16.6. The molecule has 72 valence electrons. The highest BCUT2D eigenvalue weighted by Gasteiger charge is 2.42. The van der Waals surface area contributed by atoms with Crippen LogP contribution in [0.1, 0.15) is 47.0 Å². The topological polar surface area (TPSA) is 12.5 Å². The summed E-state index contributed by atoms with van der Waals surface area (Å²) in [4.78, 5) is 0. The van der Waals surface area contributed by atoms with Crippen LogP contribution in [0.25, 0.3) is 0 Å². The SMILES string of the molecule is CCCC(C(C)CC)C1OC1C. The predicted octanol–water partition coefficient (Wildman–Crippen LogP) is 3.24. The molecule has 1 nitrogen and oxygen atoms in total. The maximum atomic E-state index is 5.55. The summed E-state index contributed by atoms with van der Waals surface area (Å²) in [5, 5.41) is 0. The molecule has 12 heavy (non-hydrogen) atoms. The Morgan fingerprint density at radius 1 is 1.33 bits per heavy atom. The molecule has 4 unspecified atom stereocenters. The summed E-state index contributed by atoms with van der Waals surface area (Å²) >= 11 is 0. The van der Waals surface area contributed by atoms with Crippen molar-refractivity contribution in [1.29, 1.82) is 0 Å². The van der Waals surface area contributed by atoms with Gasteiger partial charge in [0.25, 0.3) is 0 Å². The van der Waals surface area contributed by atoms with Crippen LogP contribution in [-0.2, 0) is 4.74 Å². The fourth-order valence-corrected chi connectivity index (χ4v) is 2.06. The second kappa shape index (κ2) is 4.27. The van der Waals surface area contributed by atoms with Crippen molar-refractivity contribution in [1.82, 2.24) is 0 Å². The lowest BCUT2D eigenvalue weighted by atomic mass is 9.84. The third-order valence-electron chi connectivity index (χ3n) is 3.18. The molecule has 0 N–H and O–H groups in total. The van der Waals surface area contributed by atoms with Gasteiger partial charge in [0.15, 0.2) is 0 Å². The Morgan fingerprint density at radius 2 is 1.92 bits per heavy atom. The van der Waals surface area contributed by atoms with E-state index in [2.05, 4.69) is 27.7 Å². The van der Waals surface area contributed by atoms with E-state index in [1.54, 1.807) is 0 Å². The van der Waals surface area contributed by atoms with Crippen molar-refractivity contribution in [3.63, 3.8) is 0 Å². The van der Waals surface area contributed by atoms with Crippen LogP contribution in [0.3, 0.4) is 0 Å². The maximum absolute atomic E-state index is 5.55. The summed E-state index contributed by atoms with van der Waals surface area (Å²) < 4.78 is 5.55. The van der Waals surface area contributed by atoms with E-state index in [-0.39, 0.29) is 0 Å². The fourth-order valence-electron chi connectivity index (χ4n) is 2.06. The van der Waals surface area contributed by atoms with E-state index in [0.29, 0.717) is 12.2 Å². The van der Waals surface area contributed by atoms with Crippen molar-refractivity contribution in [2.75, 3.05) is 0 Å². The first kappa shape index (κ1) is 10.0. The van der Waals surface area contributed by atoms with Crippen LogP contribution in [0.4, 0.5) is 0 Å². The average molecular weight is 170 g/mol. The molecule has 0 amide bonds. The first-order chi connectivity index (χ1) is 5.70. The molecule has 4 atom stereocenters. The van der Waals surface area contributed by atoms with Gasteiger partial charge in [0.1, 0.15) is 0 Å². The number of hydrogen-bond acceptors (Lipinski definition) is 1. The van der Waals surface area contributed by atoms with E-state index in [0.717, 1.165) is 11.8 Å². The molecule has 0 aromatic rings. The smallest absolute Gasteiger partial charge is 0.0869 e. The quantitative estimate of drug-likeness (QED) is 0.577. The Hall–Kier alpha value is -0.0400. The molecule has 0 spiro atoms. The summed E-state index contributed by atoms with van der Waals surface area (Å²) in [5.74, 6) is 1.65. The molecule has 1 fully saturated rings. The van der Waals surface area contributed by atoms with Gasteiger partial charge in [-0.25, -0.2) is 0 Å². The number of hydrogen-bond donors (Lipinski definition) is 0. The standard InChI is InChI=1S/C11H22O/c1-5-7-10(8(3)6-2)11-9(4)12-11/h8-11H,5-7H2,1-4H3. The van der Waals surface area contributed by atoms with Crippen LogP contribution < -0.4 is 0 Å². The van der Waals surface area contributed by atoms with Crippen molar-refractivity contribution in [3.8, 4) is 0 Å². The predicted molar refractivity (Wildman–Crippen MR) is 52.2 cm³/mol. The number of rotatable bonds is 5. The van der Waals surface area contributed by atoms with E-state index in [1.807, 2.05) is 0 Å². The normalized spacial score (nSPS) is 33.0. The Balaban J connectivity index is 2.38. The van der Waals surface area contributed by atoms with Gasteiger partial charge in [0, 0.05) is 0 Å². The molecule has 0 aliphatic carbocycles. The van der Waals surface area contributed by atoms with Crippen molar-refractivity contribution in [3.05, 3.63) is 0 Å². The molecule has 1 aliphatic rings. The molecule has 0 bridgehead atoms. The average Bonchev–Trinajstić information content (AvgIpc) is 2.77. The zero-order valence-electron chi connectivity index (χ0n) is 8.84. The molecule has 0 aromatic heterocycles. The Bertz CT molecular complexity index is 129. The zero-order chi connectivity index (χ0) is 9.14. The van der Waals surface area contributed by atoms with E-state index in [1.165, 1.54) is 19.3 Å². The molecule has 1 rings (SSSR count). The van der Waals surface area contributed by atoms with Gasteiger partial charge in [-0.15, -0.1) is 0 Å². The number of epoxide rings is 1. The molecule has 1 aliphatic heterocycles. The highest BCUT2D eigenvalue weighted by molar-refractivity contribution is 4.89. The third-order valence-corrected chi connectivity index (χ3v) is 3.18. The molecule has 0 saturated carbocycles. The van der Waals surface area contributed by atoms with Crippen LogP contribution in [-0.4, -0.2) is 12.2 Å². The lowest BCUT2D eigenvalue weighted by molar-refractivity contribution is 0.239. The summed E-state index contributed by atoms with van der Waals surface area (Å²) in [6.07, 6.45) is 5.04. The summed E-state index contributed by atoms with van der Waals surface area (Å²) in [5.41, 5.74) is 0. The van der Waals surface area contributed by atoms with Gasteiger partial charge in [-0.05, 0) is 25.2 Å². The third kappa shape index (κ3) is 2.22. The van der Waals surface area contributed by atoms with Crippen molar-refractivity contribution in [2.45, 2.75) is 59.2 Å². The van der Waals surface area contributed by atoms with Crippen molar-refractivity contribution in [2.24, 2.45) is 11.8 Å². The Morgan fingerprint density at radius 3 is 2.25 bits per heavy atom. The number of ether oxygens (including phenoxy) is 1. The molecular formula is C11H22O. The minimum Gasteiger partial charge on any atom is -0.370 e. The summed E-state index contributed by atoms with van der Waals surface area (Å²) in [6.45, 7) is 9.09. The van der Waals surface area contributed by atoms with Gasteiger partial charge in [0.2, 0.25) is 0 Å². The van der Waals surface area contributed by atoms with E-state index in [4.69, 9.17) is 4.74 Å². The van der Waals surface area contributed by atoms with Crippen molar-refractivity contribution >= 4 is 0 Å². The highest BCUT2D eigenvalue weighted by Crippen LogP contribution is 2.37. The van der Waals surface area contributed by atoms with E-state index in [9.17, 15) is 0 Å². The monoisotopic (exact) mass is 170 g/mol. The first-order valence-electron chi connectivity index (χ1n) is 5.36. The Labute approximate surface area is 76.5 Å². The van der Waals surface area contributed by atoms with Gasteiger partial charge < -0.3 is 4.74 Å². The van der Waals surface area contributed by atoms with Crippen LogP contribution in [0.2, 0.25) is 0 Å². The van der Waals surface area contributed by atoms with Crippen LogP contribution in [0.5, 0.6) is 0 Å². The molecule has 0 radical (unpaired) electrons. The minimum atomic E-state index is 0.538. The van der Waals surface area contributed by atoms with Crippen LogP contribution in [0.15, 0.2) is 0 Å². The van der Waals surface area contributed by atoms with Crippen LogP contribution >= 0.6 is 0 Å². The van der Waals surface area contributed by atoms with Crippen LogP contribution in [0, 0.1) is 11.8 Å². The summed E-state index contributed by atoms with van der Waals surface area (Å²) in [7, 11) is 0. The molecular weight excluding hydrogens is 148 g/mol. The minimum absolute atomic E-state index is 0.538. The van der Waals surface area contributed by atoms with Gasteiger partial charge in [-0.1, -0.05) is 33.6 Å². The lowest BCUT2D eigenvalue weighted by Crippen LogP contribution is -2.18. The fraction of sp³-hybridized carbons (Fsp3) is 1.00. The van der Waals surface area contributed by atoms with Gasteiger partial charge >= 0.3 is 0 Å². The second-order valence-corrected chi connectivity index (χ2v) is 4.14. The second-order valence-electron chi connectivity index (χ2n) is 4.14. The van der Waals surface area contributed by atoms with Gasteiger partial charge in [-0.3, -0.25) is 0 Å². The molecule has 1 heteroatoms. The lowest BCUT2D eigenvalue weighted by Gasteiger charge is -2.20. The van der Waals surface area contributed by atoms with Gasteiger partial charge in [0.05, 0.1) is 12.2 Å². The maximum Gasteiger partial charge on any atom is 0.0869 e. The summed E-state index contributed by atoms with van der Waals surface area (Å²) in [6, 6.07) is 0. The molecule has 1 heterocycles. The van der Waals surface area contributed by atoms with Gasteiger partial charge in [-0.2, -0.15) is 0 Å². The Kier molecular flexibility index (Phi) is 3.57. The van der Waals surface area contributed by atoms with Crippen molar-refractivity contribution < 1.29 is 4.74 Å². The largest absolute Gasteiger partial charge is 0.370 e. The van der Waals surface area contributed by atoms with E-state index < -0.39 is 0 Å². The van der Waals surface area contributed by atoms with E-state index >= 15 is 0 Å². The molecule has 0 aromatic carbocycles.